The summed E-state index contributed by atoms with van der Waals surface area (Å²) in [7, 11) is 1.82. The van der Waals surface area contributed by atoms with Crippen molar-refractivity contribution in [3.63, 3.8) is 0 Å². The molecule has 0 aromatic carbocycles. The fourth-order valence-corrected chi connectivity index (χ4v) is 1.56. The van der Waals surface area contributed by atoms with Crippen molar-refractivity contribution < 1.29 is 4.79 Å². The quantitative estimate of drug-likeness (QED) is 0.802. The SMILES string of the molecule is Cc1nn(C)cc1NC(=O)C(N)CC(C)C. The minimum atomic E-state index is -0.459. The lowest BCUT2D eigenvalue weighted by Gasteiger charge is -2.13. The molecule has 1 aromatic rings. The maximum absolute atomic E-state index is 11.7. The molecule has 0 fully saturated rings. The van der Waals surface area contributed by atoms with E-state index in [1.54, 1.807) is 10.9 Å². The van der Waals surface area contributed by atoms with Gasteiger partial charge in [-0.25, -0.2) is 0 Å². The summed E-state index contributed by atoms with van der Waals surface area (Å²) < 4.78 is 1.67. The fraction of sp³-hybridized carbons (Fsp3) is 0.636. The standard InChI is InChI=1S/C11H20N4O/c1-7(2)5-9(12)11(16)13-10-6-15(4)14-8(10)3/h6-7,9H,5,12H2,1-4H3,(H,13,16). The number of nitrogens with two attached hydrogens (primary N) is 1. The normalized spacial score (nSPS) is 12.9. The Bertz CT molecular complexity index is 370. The van der Waals surface area contributed by atoms with Crippen molar-refractivity contribution in [1.82, 2.24) is 9.78 Å². The predicted molar refractivity (Wildman–Crippen MR) is 64.0 cm³/mol. The Labute approximate surface area is 96.0 Å². The molecule has 0 spiro atoms. The van der Waals surface area contributed by atoms with Gasteiger partial charge >= 0.3 is 0 Å². The first-order chi connectivity index (χ1) is 7.40. The van der Waals surface area contributed by atoms with E-state index in [2.05, 4.69) is 10.4 Å². The van der Waals surface area contributed by atoms with Crippen molar-refractivity contribution >= 4 is 11.6 Å². The summed E-state index contributed by atoms with van der Waals surface area (Å²) in [5.41, 5.74) is 7.31. The average molecular weight is 224 g/mol. The van der Waals surface area contributed by atoms with E-state index in [1.165, 1.54) is 0 Å². The topological polar surface area (TPSA) is 72.9 Å². The zero-order valence-electron chi connectivity index (χ0n) is 10.3. The lowest BCUT2D eigenvalue weighted by Crippen LogP contribution is -2.36. The number of carbonyl (C=O) groups is 1. The highest BCUT2D eigenvalue weighted by atomic mass is 16.2. The van der Waals surface area contributed by atoms with Crippen molar-refractivity contribution in [1.29, 1.82) is 0 Å². The molecule has 1 unspecified atom stereocenters. The Morgan fingerprint density at radius 2 is 2.25 bits per heavy atom. The van der Waals surface area contributed by atoms with Crippen LogP contribution in [0.25, 0.3) is 0 Å². The minimum Gasteiger partial charge on any atom is -0.322 e. The van der Waals surface area contributed by atoms with E-state index < -0.39 is 6.04 Å². The maximum atomic E-state index is 11.7. The molecule has 1 atom stereocenters. The molecule has 1 aromatic heterocycles. The minimum absolute atomic E-state index is 0.148. The van der Waals surface area contributed by atoms with Gasteiger partial charge in [-0.2, -0.15) is 5.10 Å². The zero-order chi connectivity index (χ0) is 12.3. The first-order valence-electron chi connectivity index (χ1n) is 5.47. The number of nitrogens with zero attached hydrogens (tertiary/aromatic N) is 2. The second kappa shape index (κ2) is 5.12. The number of rotatable bonds is 4. The summed E-state index contributed by atoms with van der Waals surface area (Å²) in [5.74, 6) is 0.264. The van der Waals surface area contributed by atoms with Crippen LogP contribution >= 0.6 is 0 Å². The Hall–Kier alpha value is -1.36. The van der Waals surface area contributed by atoms with Gasteiger partial charge in [-0.1, -0.05) is 13.8 Å². The van der Waals surface area contributed by atoms with E-state index in [0.717, 1.165) is 11.4 Å². The van der Waals surface area contributed by atoms with Crippen LogP contribution in [0.2, 0.25) is 0 Å². The monoisotopic (exact) mass is 224 g/mol. The number of hydrogen-bond acceptors (Lipinski definition) is 3. The largest absolute Gasteiger partial charge is 0.322 e. The Kier molecular flexibility index (Phi) is 4.06. The van der Waals surface area contributed by atoms with Crippen LogP contribution in [0.5, 0.6) is 0 Å². The van der Waals surface area contributed by atoms with Crippen LogP contribution in [0.15, 0.2) is 6.20 Å². The third-order valence-corrected chi connectivity index (χ3v) is 2.33. The first-order valence-corrected chi connectivity index (χ1v) is 5.47. The van der Waals surface area contributed by atoms with Gasteiger partial charge < -0.3 is 11.1 Å². The van der Waals surface area contributed by atoms with E-state index in [0.29, 0.717) is 12.3 Å². The third kappa shape index (κ3) is 3.34. The molecule has 5 heteroatoms. The number of anilines is 1. The number of hydrogen-bond donors (Lipinski definition) is 2. The Morgan fingerprint density at radius 3 is 2.69 bits per heavy atom. The van der Waals surface area contributed by atoms with Crippen LogP contribution in [0.3, 0.4) is 0 Å². The number of amides is 1. The second-order valence-electron chi connectivity index (χ2n) is 4.53. The van der Waals surface area contributed by atoms with Gasteiger partial charge in [0.2, 0.25) is 5.91 Å². The van der Waals surface area contributed by atoms with E-state index in [1.807, 2.05) is 27.8 Å². The van der Waals surface area contributed by atoms with Crippen LogP contribution in [0, 0.1) is 12.8 Å². The second-order valence-corrected chi connectivity index (χ2v) is 4.53. The highest BCUT2D eigenvalue weighted by Gasteiger charge is 2.16. The Morgan fingerprint density at radius 1 is 1.62 bits per heavy atom. The molecule has 3 N–H and O–H groups in total. The van der Waals surface area contributed by atoms with Gasteiger partial charge in [-0.05, 0) is 19.3 Å². The zero-order valence-corrected chi connectivity index (χ0v) is 10.3. The van der Waals surface area contributed by atoms with Crippen molar-refractivity contribution in [2.45, 2.75) is 33.2 Å². The van der Waals surface area contributed by atoms with Gasteiger partial charge in [-0.3, -0.25) is 9.48 Å². The highest BCUT2D eigenvalue weighted by Crippen LogP contribution is 2.12. The molecular weight excluding hydrogens is 204 g/mol. The molecule has 90 valence electrons. The van der Waals surface area contributed by atoms with Crippen molar-refractivity contribution in [2.75, 3.05) is 5.32 Å². The average Bonchev–Trinajstić information content (AvgIpc) is 2.43. The molecule has 0 aliphatic rings. The van der Waals surface area contributed by atoms with E-state index >= 15 is 0 Å². The maximum Gasteiger partial charge on any atom is 0.241 e. The van der Waals surface area contributed by atoms with Crippen molar-refractivity contribution in [3.8, 4) is 0 Å². The summed E-state index contributed by atoms with van der Waals surface area (Å²) in [5, 5.41) is 6.93. The molecule has 1 amide bonds. The van der Waals surface area contributed by atoms with Gasteiger partial charge in [-0.15, -0.1) is 0 Å². The summed E-state index contributed by atoms with van der Waals surface area (Å²) in [4.78, 5) is 11.7. The lowest BCUT2D eigenvalue weighted by atomic mass is 10.0. The summed E-state index contributed by atoms with van der Waals surface area (Å²) in [6.07, 6.45) is 2.46. The molecular formula is C11H20N4O. The highest BCUT2D eigenvalue weighted by molar-refractivity contribution is 5.94. The molecule has 5 nitrogen and oxygen atoms in total. The van der Waals surface area contributed by atoms with Gasteiger partial charge in [0, 0.05) is 13.2 Å². The van der Waals surface area contributed by atoms with Crippen LogP contribution in [0.1, 0.15) is 26.0 Å². The number of carbonyl (C=O) groups excluding carboxylic acids is 1. The number of aryl methyl sites for hydroxylation is 2. The summed E-state index contributed by atoms with van der Waals surface area (Å²) >= 11 is 0. The van der Waals surface area contributed by atoms with Crippen molar-refractivity contribution in [3.05, 3.63) is 11.9 Å². The van der Waals surface area contributed by atoms with E-state index in [4.69, 9.17) is 5.73 Å². The molecule has 0 aliphatic heterocycles. The molecule has 0 aliphatic carbocycles. The van der Waals surface area contributed by atoms with Crippen LogP contribution in [0.4, 0.5) is 5.69 Å². The van der Waals surface area contributed by atoms with Crippen molar-refractivity contribution in [2.24, 2.45) is 18.7 Å². The van der Waals surface area contributed by atoms with E-state index in [9.17, 15) is 4.79 Å². The van der Waals surface area contributed by atoms with Crippen LogP contribution < -0.4 is 11.1 Å². The summed E-state index contributed by atoms with van der Waals surface area (Å²) in [6.45, 7) is 5.94. The smallest absolute Gasteiger partial charge is 0.241 e. The molecule has 1 heterocycles. The molecule has 0 saturated heterocycles. The first kappa shape index (κ1) is 12.7. The third-order valence-electron chi connectivity index (χ3n) is 2.33. The molecule has 16 heavy (non-hydrogen) atoms. The number of nitrogens with one attached hydrogen (secondary N) is 1. The fourth-order valence-electron chi connectivity index (χ4n) is 1.56. The predicted octanol–water partition coefficient (Wildman–Crippen LogP) is 1.04. The Balaban J connectivity index is 2.60. The summed E-state index contributed by atoms with van der Waals surface area (Å²) in [6, 6.07) is -0.459. The van der Waals surface area contributed by atoms with E-state index in [-0.39, 0.29) is 5.91 Å². The number of aromatic nitrogens is 2. The molecule has 1 rings (SSSR count). The van der Waals surface area contributed by atoms with Gasteiger partial charge in [0.1, 0.15) is 0 Å². The van der Waals surface area contributed by atoms with Gasteiger partial charge in [0.05, 0.1) is 17.4 Å². The van der Waals surface area contributed by atoms with Gasteiger partial charge in [0.25, 0.3) is 0 Å². The lowest BCUT2D eigenvalue weighted by molar-refractivity contribution is -0.117. The van der Waals surface area contributed by atoms with Crippen LogP contribution in [-0.2, 0) is 11.8 Å². The van der Waals surface area contributed by atoms with Gasteiger partial charge in [0.15, 0.2) is 0 Å². The van der Waals surface area contributed by atoms with Crippen LogP contribution in [-0.4, -0.2) is 21.7 Å². The molecule has 0 radical (unpaired) electrons. The molecule has 0 saturated carbocycles. The molecule has 0 bridgehead atoms.